The highest BCUT2D eigenvalue weighted by atomic mass is 32.1. The van der Waals surface area contributed by atoms with Gasteiger partial charge >= 0.3 is 17.8 Å². The van der Waals surface area contributed by atoms with Crippen LogP contribution in [0.4, 0.5) is 10.5 Å². The van der Waals surface area contributed by atoms with Crippen LogP contribution in [0.3, 0.4) is 0 Å². The molecule has 2 aliphatic heterocycles. The molecule has 2 aliphatic rings. The zero-order valence-electron chi connectivity index (χ0n) is 14.8. The Labute approximate surface area is 160 Å². The molecule has 140 valence electrons. The summed E-state index contributed by atoms with van der Waals surface area (Å²) in [5.41, 5.74) is 0.359. The van der Waals surface area contributed by atoms with Crippen molar-refractivity contribution >= 4 is 34.9 Å². The summed E-state index contributed by atoms with van der Waals surface area (Å²) in [6.07, 6.45) is 1.97. The summed E-state index contributed by atoms with van der Waals surface area (Å²) in [6.45, 7) is 0.912. The first-order valence-corrected chi connectivity index (χ1v) is 9.59. The molecule has 27 heavy (non-hydrogen) atoms. The molecule has 0 N–H and O–H groups in total. The van der Waals surface area contributed by atoms with E-state index in [2.05, 4.69) is 11.0 Å². The number of urea groups is 1. The van der Waals surface area contributed by atoms with Crippen molar-refractivity contribution in [3.05, 3.63) is 46.7 Å². The minimum Gasteiger partial charge on any atom is -0.497 e. The molecular formula is C19H19N3O4S. The quantitative estimate of drug-likeness (QED) is 0.585. The van der Waals surface area contributed by atoms with E-state index in [1.165, 1.54) is 12.0 Å². The van der Waals surface area contributed by atoms with Gasteiger partial charge in [-0.2, -0.15) is 0 Å². The standard InChI is InChI=1S/C19H19N3O4S/c1-26-14-8-6-13(7-9-14)22-18(24)17(23)21(19(22)25)12-20-10-2-4-15(20)16-5-3-11-27-16/h3,5-9,11,15H,2,4,10,12H2,1H3/t15-/m1/s1. The fraction of sp³-hybridized carbons (Fsp3) is 0.316. The number of likely N-dealkylation sites (tertiary alicyclic amines) is 1. The number of carbonyl (C=O) groups is 3. The maximum absolute atomic E-state index is 12.8. The van der Waals surface area contributed by atoms with Crippen LogP contribution in [0.1, 0.15) is 23.8 Å². The summed E-state index contributed by atoms with van der Waals surface area (Å²) in [7, 11) is 1.53. The molecule has 1 aromatic carbocycles. The molecular weight excluding hydrogens is 366 g/mol. The van der Waals surface area contributed by atoms with Crippen LogP contribution in [0.15, 0.2) is 41.8 Å². The monoisotopic (exact) mass is 385 g/mol. The Kier molecular flexibility index (Phi) is 4.67. The SMILES string of the molecule is COc1ccc(N2C(=O)C(=O)N(CN3CCC[C@@H]3c3cccs3)C2=O)cc1. The first-order valence-electron chi connectivity index (χ1n) is 8.71. The van der Waals surface area contributed by atoms with Gasteiger partial charge in [0.05, 0.1) is 19.5 Å². The van der Waals surface area contributed by atoms with E-state index in [9.17, 15) is 14.4 Å². The zero-order valence-corrected chi connectivity index (χ0v) is 15.6. The number of carbonyl (C=O) groups excluding carboxylic acids is 3. The van der Waals surface area contributed by atoms with Crippen molar-refractivity contribution in [2.45, 2.75) is 18.9 Å². The maximum atomic E-state index is 12.8. The molecule has 3 heterocycles. The molecule has 2 saturated heterocycles. The number of benzene rings is 1. The lowest BCUT2D eigenvalue weighted by Crippen LogP contribution is -2.42. The molecule has 1 atom stereocenters. The van der Waals surface area contributed by atoms with E-state index in [1.54, 1.807) is 35.6 Å². The van der Waals surface area contributed by atoms with Gasteiger partial charge < -0.3 is 4.74 Å². The third-order valence-electron chi connectivity index (χ3n) is 4.94. The van der Waals surface area contributed by atoms with Crippen LogP contribution in [0.25, 0.3) is 0 Å². The topological polar surface area (TPSA) is 70.2 Å². The predicted molar refractivity (Wildman–Crippen MR) is 101 cm³/mol. The van der Waals surface area contributed by atoms with E-state index in [0.29, 0.717) is 11.4 Å². The highest BCUT2D eigenvalue weighted by molar-refractivity contribution is 7.10. The van der Waals surface area contributed by atoms with Crippen LogP contribution >= 0.6 is 11.3 Å². The van der Waals surface area contributed by atoms with E-state index < -0.39 is 17.8 Å². The lowest BCUT2D eigenvalue weighted by molar-refractivity contribution is -0.140. The molecule has 0 aliphatic carbocycles. The van der Waals surface area contributed by atoms with Crippen LogP contribution in [0, 0.1) is 0 Å². The molecule has 2 aromatic rings. The molecule has 0 unspecified atom stereocenters. The first kappa shape index (κ1) is 17.7. The largest absolute Gasteiger partial charge is 0.497 e. The van der Waals surface area contributed by atoms with E-state index in [4.69, 9.17) is 4.74 Å². The Morgan fingerprint density at radius 3 is 2.56 bits per heavy atom. The Bertz CT molecular complexity index is 866. The number of anilines is 1. The van der Waals surface area contributed by atoms with Gasteiger partial charge in [-0.1, -0.05) is 6.07 Å². The number of hydrogen-bond acceptors (Lipinski definition) is 6. The van der Waals surface area contributed by atoms with E-state index in [1.807, 2.05) is 11.4 Å². The van der Waals surface area contributed by atoms with Crippen molar-refractivity contribution in [1.29, 1.82) is 0 Å². The molecule has 0 bridgehead atoms. The van der Waals surface area contributed by atoms with E-state index >= 15 is 0 Å². The van der Waals surface area contributed by atoms with Crippen molar-refractivity contribution in [3.63, 3.8) is 0 Å². The Morgan fingerprint density at radius 1 is 1.11 bits per heavy atom. The number of thiophene rings is 1. The normalized spacial score (nSPS) is 20.8. The number of ether oxygens (including phenoxy) is 1. The van der Waals surface area contributed by atoms with Crippen LogP contribution < -0.4 is 9.64 Å². The second-order valence-corrected chi connectivity index (χ2v) is 7.46. The third-order valence-corrected chi connectivity index (χ3v) is 5.92. The van der Waals surface area contributed by atoms with Crippen LogP contribution in [-0.2, 0) is 9.59 Å². The molecule has 4 amide bonds. The number of rotatable bonds is 5. The molecule has 1 aromatic heterocycles. The second-order valence-electron chi connectivity index (χ2n) is 6.48. The van der Waals surface area contributed by atoms with E-state index in [-0.39, 0.29) is 12.7 Å². The first-order chi connectivity index (χ1) is 13.1. The van der Waals surface area contributed by atoms with Gasteiger partial charge in [0, 0.05) is 17.5 Å². The second kappa shape index (κ2) is 7.13. The number of hydrogen-bond donors (Lipinski definition) is 0. The van der Waals surface area contributed by atoms with Crippen molar-refractivity contribution in [3.8, 4) is 5.75 Å². The molecule has 0 radical (unpaired) electrons. The smallest absolute Gasteiger partial charge is 0.340 e. The number of nitrogens with zero attached hydrogens (tertiary/aromatic N) is 3. The minimum absolute atomic E-state index is 0.124. The molecule has 2 fully saturated rings. The molecule has 4 rings (SSSR count). The van der Waals surface area contributed by atoms with Crippen molar-refractivity contribution in [2.24, 2.45) is 0 Å². The average Bonchev–Trinajstić information content (AvgIpc) is 3.40. The van der Waals surface area contributed by atoms with Gasteiger partial charge in [-0.25, -0.2) is 14.6 Å². The van der Waals surface area contributed by atoms with Gasteiger partial charge in [-0.15, -0.1) is 11.3 Å². The minimum atomic E-state index is -0.822. The summed E-state index contributed by atoms with van der Waals surface area (Å²) >= 11 is 1.67. The van der Waals surface area contributed by atoms with Gasteiger partial charge in [0.25, 0.3) is 0 Å². The van der Waals surface area contributed by atoms with Crippen molar-refractivity contribution in [2.75, 3.05) is 25.2 Å². The molecule has 0 saturated carbocycles. The summed E-state index contributed by atoms with van der Waals surface area (Å²) < 4.78 is 5.09. The fourth-order valence-electron chi connectivity index (χ4n) is 3.57. The van der Waals surface area contributed by atoms with Gasteiger partial charge in [-0.05, 0) is 48.6 Å². The summed E-state index contributed by atoms with van der Waals surface area (Å²) in [5, 5.41) is 2.02. The summed E-state index contributed by atoms with van der Waals surface area (Å²) in [4.78, 5) is 43.0. The number of methoxy groups -OCH3 is 1. The Balaban J connectivity index is 1.54. The van der Waals surface area contributed by atoms with E-state index in [0.717, 1.165) is 29.2 Å². The lowest BCUT2D eigenvalue weighted by atomic mass is 10.2. The van der Waals surface area contributed by atoms with Crippen molar-refractivity contribution in [1.82, 2.24) is 9.80 Å². The highest BCUT2D eigenvalue weighted by Gasteiger charge is 2.46. The summed E-state index contributed by atoms with van der Waals surface area (Å²) in [6, 6.07) is 10.1. The van der Waals surface area contributed by atoms with Crippen molar-refractivity contribution < 1.29 is 19.1 Å². The van der Waals surface area contributed by atoms with Gasteiger partial charge in [0.15, 0.2) is 0 Å². The molecule has 8 heteroatoms. The van der Waals surface area contributed by atoms with Gasteiger partial charge in [0.2, 0.25) is 0 Å². The Hall–Kier alpha value is -2.71. The molecule has 7 nitrogen and oxygen atoms in total. The zero-order chi connectivity index (χ0) is 19.0. The number of amides is 4. The maximum Gasteiger partial charge on any atom is 0.340 e. The fourth-order valence-corrected chi connectivity index (χ4v) is 4.46. The summed E-state index contributed by atoms with van der Waals surface area (Å²) in [5.74, 6) is -0.999. The third kappa shape index (κ3) is 3.11. The average molecular weight is 385 g/mol. The molecule has 0 spiro atoms. The predicted octanol–water partition coefficient (Wildman–Crippen LogP) is 2.85. The van der Waals surface area contributed by atoms with Gasteiger partial charge in [0.1, 0.15) is 5.75 Å². The van der Waals surface area contributed by atoms with Crippen LogP contribution in [0.5, 0.6) is 5.75 Å². The van der Waals surface area contributed by atoms with Crippen LogP contribution in [-0.4, -0.2) is 48.0 Å². The number of imide groups is 2. The lowest BCUT2D eigenvalue weighted by Gasteiger charge is -2.27. The highest BCUT2D eigenvalue weighted by Crippen LogP contribution is 2.35. The van der Waals surface area contributed by atoms with Crippen LogP contribution in [0.2, 0.25) is 0 Å². The Morgan fingerprint density at radius 2 is 1.89 bits per heavy atom. The van der Waals surface area contributed by atoms with Gasteiger partial charge in [-0.3, -0.25) is 14.5 Å².